The Morgan fingerprint density at radius 3 is 2.64 bits per heavy atom. The lowest BCUT2D eigenvalue weighted by Gasteiger charge is -2.33. The lowest BCUT2D eigenvalue weighted by molar-refractivity contribution is -0.384. The molecular weight excluding hydrogens is 322 g/mol. The molecule has 7 heteroatoms. The van der Waals surface area contributed by atoms with Crippen molar-refractivity contribution in [3.05, 3.63) is 28.3 Å². The van der Waals surface area contributed by atoms with Crippen LogP contribution in [0, 0.1) is 16.0 Å². The van der Waals surface area contributed by atoms with Gasteiger partial charge in [0.2, 0.25) is 5.91 Å². The summed E-state index contributed by atoms with van der Waals surface area (Å²) < 4.78 is 5.16. The van der Waals surface area contributed by atoms with Gasteiger partial charge < -0.3 is 15.0 Å². The number of hydrogen-bond acceptors (Lipinski definition) is 5. The van der Waals surface area contributed by atoms with E-state index in [1.807, 2.05) is 0 Å². The third-order valence-electron chi connectivity index (χ3n) is 4.97. The quantitative estimate of drug-likeness (QED) is 0.602. The SMILES string of the molecule is COc1ccc([N+](=O)[O-])cc1NC(=O)CCN(C)C1CCC(C)CC1. The maximum atomic E-state index is 12.2. The van der Waals surface area contributed by atoms with Crippen LogP contribution in [-0.4, -0.2) is 42.5 Å². The molecule has 0 radical (unpaired) electrons. The first-order valence-corrected chi connectivity index (χ1v) is 8.73. The normalized spacial score (nSPS) is 20.3. The van der Waals surface area contributed by atoms with Gasteiger partial charge in [-0.25, -0.2) is 0 Å². The number of carbonyl (C=O) groups excluding carboxylic acids is 1. The van der Waals surface area contributed by atoms with Gasteiger partial charge >= 0.3 is 0 Å². The first-order chi connectivity index (χ1) is 11.9. The topological polar surface area (TPSA) is 84.7 Å². The Morgan fingerprint density at radius 1 is 1.36 bits per heavy atom. The van der Waals surface area contributed by atoms with Gasteiger partial charge in [-0.1, -0.05) is 6.92 Å². The summed E-state index contributed by atoms with van der Waals surface area (Å²) in [4.78, 5) is 24.9. The molecule has 1 N–H and O–H groups in total. The highest BCUT2D eigenvalue weighted by molar-refractivity contribution is 5.92. The fourth-order valence-electron chi connectivity index (χ4n) is 3.26. The molecule has 0 bridgehead atoms. The third kappa shape index (κ3) is 5.42. The molecule has 0 heterocycles. The van der Waals surface area contributed by atoms with Gasteiger partial charge in [0.15, 0.2) is 0 Å². The van der Waals surface area contributed by atoms with Crippen LogP contribution in [0.1, 0.15) is 39.0 Å². The smallest absolute Gasteiger partial charge is 0.271 e. The van der Waals surface area contributed by atoms with E-state index in [4.69, 9.17) is 4.74 Å². The molecule has 0 unspecified atom stereocenters. The summed E-state index contributed by atoms with van der Waals surface area (Å²) in [5.74, 6) is 1.04. The Labute approximate surface area is 148 Å². The molecule has 1 aromatic rings. The molecule has 138 valence electrons. The van der Waals surface area contributed by atoms with Crippen LogP contribution in [-0.2, 0) is 4.79 Å². The molecule has 0 atom stereocenters. The minimum atomic E-state index is -0.493. The number of nitrogens with one attached hydrogen (secondary N) is 1. The van der Waals surface area contributed by atoms with Crippen LogP contribution in [0.4, 0.5) is 11.4 Å². The second-order valence-corrected chi connectivity index (χ2v) is 6.83. The summed E-state index contributed by atoms with van der Waals surface area (Å²) in [6.07, 6.45) is 5.18. The van der Waals surface area contributed by atoms with Crippen molar-refractivity contribution in [2.45, 2.75) is 45.1 Å². The number of amides is 1. The summed E-state index contributed by atoms with van der Waals surface area (Å²) in [6, 6.07) is 4.70. The van der Waals surface area contributed by atoms with E-state index in [0.717, 1.165) is 5.92 Å². The maximum absolute atomic E-state index is 12.2. The highest BCUT2D eigenvalue weighted by Crippen LogP contribution is 2.29. The number of carbonyl (C=O) groups is 1. The van der Waals surface area contributed by atoms with Gasteiger partial charge in [0.05, 0.1) is 17.7 Å². The van der Waals surface area contributed by atoms with Gasteiger partial charge in [0, 0.05) is 31.1 Å². The molecular formula is C18H27N3O4. The average molecular weight is 349 g/mol. The van der Waals surface area contributed by atoms with E-state index >= 15 is 0 Å². The number of rotatable bonds is 7. The molecule has 1 amide bonds. The highest BCUT2D eigenvalue weighted by atomic mass is 16.6. The van der Waals surface area contributed by atoms with Crippen LogP contribution in [0.25, 0.3) is 0 Å². The average Bonchev–Trinajstić information content (AvgIpc) is 2.60. The number of nitrogens with zero attached hydrogens (tertiary/aromatic N) is 2. The third-order valence-corrected chi connectivity index (χ3v) is 4.97. The predicted octanol–water partition coefficient (Wildman–Crippen LogP) is 3.44. The number of nitro groups is 1. The highest BCUT2D eigenvalue weighted by Gasteiger charge is 2.22. The van der Waals surface area contributed by atoms with E-state index in [1.165, 1.54) is 51.0 Å². The van der Waals surface area contributed by atoms with E-state index in [2.05, 4.69) is 24.2 Å². The molecule has 1 aliphatic carbocycles. The molecule has 0 aliphatic heterocycles. The molecule has 1 saturated carbocycles. The van der Waals surface area contributed by atoms with Crippen LogP contribution < -0.4 is 10.1 Å². The van der Waals surface area contributed by atoms with Gasteiger partial charge in [-0.2, -0.15) is 0 Å². The van der Waals surface area contributed by atoms with Gasteiger partial charge in [0.1, 0.15) is 5.75 Å². The van der Waals surface area contributed by atoms with E-state index in [9.17, 15) is 14.9 Å². The molecule has 0 saturated heterocycles. The molecule has 0 aromatic heterocycles. The lowest BCUT2D eigenvalue weighted by Crippen LogP contribution is -2.36. The first-order valence-electron chi connectivity index (χ1n) is 8.73. The number of methoxy groups -OCH3 is 1. The Balaban J connectivity index is 1.89. The summed E-state index contributed by atoms with van der Waals surface area (Å²) >= 11 is 0. The first kappa shape index (κ1) is 19.2. The molecule has 1 aromatic carbocycles. The monoisotopic (exact) mass is 349 g/mol. The second-order valence-electron chi connectivity index (χ2n) is 6.83. The minimum Gasteiger partial charge on any atom is -0.495 e. The van der Waals surface area contributed by atoms with Crippen molar-refractivity contribution in [3.8, 4) is 5.75 Å². The zero-order valence-electron chi connectivity index (χ0n) is 15.2. The summed E-state index contributed by atoms with van der Waals surface area (Å²) in [6.45, 7) is 2.96. The van der Waals surface area contributed by atoms with Crippen LogP contribution in [0.2, 0.25) is 0 Å². The second kappa shape index (κ2) is 8.80. The summed E-state index contributed by atoms with van der Waals surface area (Å²) in [7, 11) is 3.52. The Hall–Kier alpha value is -2.15. The molecule has 7 nitrogen and oxygen atoms in total. The Morgan fingerprint density at radius 2 is 2.04 bits per heavy atom. The molecule has 1 fully saturated rings. The van der Waals surface area contributed by atoms with E-state index in [-0.39, 0.29) is 11.6 Å². The van der Waals surface area contributed by atoms with Crippen LogP contribution >= 0.6 is 0 Å². The molecule has 0 spiro atoms. The Kier molecular flexibility index (Phi) is 6.75. The number of ether oxygens (including phenoxy) is 1. The van der Waals surface area contributed by atoms with Crippen LogP contribution in [0.3, 0.4) is 0 Å². The Bertz CT molecular complexity index is 612. The van der Waals surface area contributed by atoms with E-state index < -0.39 is 4.92 Å². The number of benzene rings is 1. The largest absolute Gasteiger partial charge is 0.495 e. The number of nitro benzene ring substituents is 1. The van der Waals surface area contributed by atoms with Crippen LogP contribution in [0.5, 0.6) is 5.75 Å². The number of hydrogen-bond donors (Lipinski definition) is 1. The van der Waals surface area contributed by atoms with Gasteiger partial charge in [-0.15, -0.1) is 0 Å². The van der Waals surface area contributed by atoms with Gasteiger partial charge in [-0.3, -0.25) is 14.9 Å². The van der Waals surface area contributed by atoms with Crippen molar-refractivity contribution in [3.63, 3.8) is 0 Å². The number of non-ortho nitro benzene ring substituents is 1. The van der Waals surface area contributed by atoms with Crippen LogP contribution in [0.15, 0.2) is 18.2 Å². The number of anilines is 1. The van der Waals surface area contributed by atoms with E-state index in [0.29, 0.717) is 30.4 Å². The van der Waals surface area contributed by atoms with Crippen molar-refractivity contribution in [2.24, 2.45) is 5.92 Å². The molecule has 1 aliphatic rings. The van der Waals surface area contributed by atoms with Crippen molar-refractivity contribution >= 4 is 17.3 Å². The maximum Gasteiger partial charge on any atom is 0.271 e. The lowest BCUT2D eigenvalue weighted by atomic mass is 9.87. The van der Waals surface area contributed by atoms with Gasteiger partial charge in [-0.05, 0) is 44.7 Å². The van der Waals surface area contributed by atoms with Crippen molar-refractivity contribution < 1.29 is 14.5 Å². The fraction of sp³-hybridized carbons (Fsp3) is 0.611. The predicted molar refractivity (Wildman–Crippen MR) is 96.9 cm³/mol. The molecule has 2 rings (SSSR count). The summed E-state index contributed by atoms with van der Waals surface area (Å²) in [5, 5.41) is 13.6. The fourth-order valence-corrected chi connectivity index (χ4v) is 3.26. The standard InChI is InChI=1S/C18H27N3O4/c1-13-4-6-14(7-5-13)20(2)11-10-18(22)19-16-12-15(21(23)24)8-9-17(16)25-3/h8-9,12-14H,4-7,10-11H2,1-3H3,(H,19,22). The van der Waals surface area contributed by atoms with E-state index in [1.54, 1.807) is 0 Å². The zero-order chi connectivity index (χ0) is 18.4. The summed E-state index contributed by atoms with van der Waals surface area (Å²) in [5.41, 5.74) is 0.250. The zero-order valence-corrected chi connectivity index (χ0v) is 15.2. The minimum absolute atomic E-state index is 0.0791. The van der Waals surface area contributed by atoms with Gasteiger partial charge in [0.25, 0.3) is 5.69 Å². The van der Waals surface area contributed by atoms with Crippen molar-refractivity contribution in [1.29, 1.82) is 0 Å². The van der Waals surface area contributed by atoms with Crippen molar-refractivity contribution in [1.82, 2.24) is 4.90 Å². The van der Waals surface area contributed by atoms with Crippen molar-refractivity contribution in [2.75, 3.05) is 26.0 Å². The molecule has 25 heavy (non-hydrogen) atoms.